The molecular weight excluding hydrogens is 408 g/mol. The lowest BCUT2D eigenvalue weighted by Gasteiger charge is -2.03. The van der Waals surface area contributed by atoms with Gasteiger partial charge in [0.15, 0.2) is 0 Å². The van der Waals surface area contributed by atoms with Crippen LogP contribution in [0, 0.1) is 0 Å². The zero-order valence-corrected chi connectivity index (χ0v) is 18.5. The molecule has 0 saturated heterocycles. The van der Waals surface area contributed by atoms with E-state index >= 15 is 0 Å². The summed E-state index contributed by atoms with van der Waals surface area (Å²) in [6.45, 7) is 5.08. The van der Waals surface area contributed by atoms with Crippen LogP contribution in [-0.2, 0) is 9.59 Å². The number of ether oxygens (including phenoxy) is 2. The van der Waals surface area contributed by atoms with E-state index in [1.54, 1.807) is 12.4 Å². The third-order valence-corrected chi connectivity index (χ3v) is 4.25. The quantitative estimate of drug-likeness (QED) is 0.283. The number of nitrogens with one attached hydrogen (secondary N) is 2. The van der Waals surface area contributed by atoms with Gasteiger partial charge in [0.25, 0.3) is 0 Å². The van der Waals surface area contributed by atoms with E-state index < -0.39 is 0 Å². The Morgan fingerprint density at radius 1 is 0.719 bits per heavy atom. The number of benzene rings is 2. The Morgan fingerprint density at radius 3 is 1.44 bits per heavy atom. The maximum atomic E-state index is 11.8. The largest absolute Gasteiger partial charge is 0.494 e. The summed E-state index contributed by atoms with van der Waals surface area (Å²) in [4.78, 5) is 23.7. The van der Waals surface area contributed by atoms with Crippen molar-refractivity contribution in [3.8, 4) is 11.5 Å². The summed E-state index contributed by atoms with van der Waals surface area (Å²) in [5.41, 5.74) is 6.69. The number of hydrazone groups is 2. The molecule has 32 heavy (non-hydrogen) atoms. The first-order valence-corrected chi connectivity index (χ1v) is 10.7. The molecule has 2 aromatic rings. The van der Waals surface area contributed by atoms with E-state index in [0.29, 0.717) is 38.9 Å². The van der Waals surface area contributed by atoms with Gasteiger partial charge in [-0.15, -0.1) is 0 Å². The fourth-order valence-corrected chi connectivity index (χ4v) is 2.67. The molecule has 8 heteroatoms. The Morgan fingerprint density at radius 2 is 1.09 bits per heavy atom. The summed E-state index contributed by atoms with van der Waals surface area (Å²) in [5, 5.41) is 7.89. The zero-order chi connectivity index (χ0) is 23.0. The van der Waals surface area contributed by atoms with Crippen molar-refractivity contribution in [2.24, 2.45) is 10.2 Å². The molecule has 8 nitrogen and oxygen atoms in total. The number of nitrogens with zero attached hydrogens (tertiary/aromatic N) is 2. The Kier molecular flexibility index (Phi) is 11.0. The van der Waals surface area contributed by atoms with E-state index in [0.717, 1.165) is 22.6 Å². The molecular formula is C24H30N4O4. The van der Waals surface area contributed by atoms with Crippen LogP contribution >= 0.6 is 0 Å². The molecule has 0 radical (unpaired) electrons. The van der Waals surface area contributed by atoms with E-state index in [9.17, 15) is 9.59 Å². The number of unbranched alkanes of at least 4 members (excludes halogenated alkanes) is 1. The van der Waals surface area contributed by atoms with Crippen molar-refractivity contribution in [3.05, 3.63) is 59.7 Å². The minimum atomic E-state index is -0.193. The van der Waals surface area contributed by atoms with Gasteiger partial charge in [0.2, 0.25) is 11.8 Å². The summed E-state index contributed by atoms with van der Waals surface area (Å²) in [6, 6.07) is 14.8. The Labute approximate surface area is 188 Å². The molecule has 2 rings (SSSR count). The fraction of sp³-hybridized carbons (Fsp3) is 0.333. The lowest BCUT2D eigenvalue weighted by atomic mass is 10.2. The number of amides is 2. The van der Waals surface area contributed by atoms with Crippen LogP contribution in [0.5, 0.6) is 11.5 Å². The second kappa shape index (κ2) is 14.3. The number of hydrogen-bond donors (Lipinski definition) is 2. The van der Waals surface area contributed by atoms with Crippen molar-refractivity contribution in [3.63, 3.8) is 0 Å². The van der Waals surface area contributed by atoms with Crippen molar-refractivity contribution in [1.29, 1.82) is 0 Å². The molecule has 0 aliphatic rings. The van der Waals surface area contributed by atoms with Gasteiger partial charge in [-0.3, -0.25) is 9.59 Å². The van der Waals surface area contributed by atoms with E-state index in [-0.39, 0.29) is 11.8 Å². The Bertz CT molecular complexity index is 818. The first-order valence-electron chi connectivity index (χ1n) is 10.7. The summed E-state index contributed by atoms with van der Waals surface area (Å²) in [5.74, 6) is 1.20. The zero-order valence-electron chi connectivity index (χ0n) is 18.5. The Balaban J connectivity index is 1.57. The maximum absolute atomic E-state index is 11.8. The molecule has 0 heterocycles. The molecule has 0 fully saturated rings. The van der Waals surface area contributed by atoms with Crippen LogP contribution in [0.1, 0.15) is 50.7 Å². The summed E-state index contributed by atoms with van der Waals surface area (Å²) >= 11 is 0. The molecule has 0 saturated carbocycles. The standard InChI is InChI=1S/C24H30N4O4/c1-3-31-21-13-9-19(10-14-21)17-25-27-23(29)7-5-6-8-24(30)28-26-18-20-11-15-22(16-12-20)32-4-2/h9-18H,3-8H2,1-2H3,(H,27,29)(H,28,30). The van der Waals surface area contributed by atoms with Gasteiger partial charge in [-0.1, -0.05) is 0 Å². The third kappa shape index (κ3) is 9.88. The SMILES string of the molecule is CCOc1ccc(C=NNC(=O)CCCCC(=O)NN=Cc2ccc(OCC)cc2)cc1. The normalized spacial score (nSPS) is 10.9. The van der Waals surface area contributed by atoms with Gasteiger partial charge in [-0.05, 0) is 86.3 Å². The molecule has 0 aromatic heterocycles. The van der Waals surface area contributed by atoms with Gasteiger partial charge in [0.05, 0.1) is 25.6 Å². The third-order valence-electron chi connectivity index (χ3n) is 4.25. The smallest absolute Gasteiger partial charge is 0.240 e. The van der Waals surface area contributed by atoms with Crippen LogP contribution in [0.25, 0.3) is 0 Å². The molecule has 0 spiro atoms. The van der Waals surface area contributed by atoms with Gasteiger partial charge in [0, 0.05) is 12.8 Å². The van der Waals surface area contributed by atoms with Crippen molar-refractivity contribution < 1.29 is 19.1 Å². The van der Waals surface area contributed by atoms with Crippen molar-refractivity contribution in [2.45, 2.75) is 39.5 Å². The highest BCUT2D eigenvalue weighted by Crippen LogP contribution is 2.11. The number of carbonyl (C=O) groups excluding carboxylic acids is 2. The second-order valence-electron chi connectivity index (χ2n) is 6.80. The second-order valence-corrected chi connectivity index (χ2v) is 6.80. The van der Waals surface area contributed by atoms with Gasteiger partial charge >= 0.3 is 0 Å². The van der Waals surface area contributed by atoms with E-state index in [2.05, 4.69) is 21.1 Å². The minimum absolute atomic E-state index is 0.193. The lowest BCUT2D eigenvalue weighted by molar-refractivity contribution is -0.123. The summed E-state index contributed by atoms with van der Waals surface area (Å²) in [7, 11) is 0. The van der Waals surface area contributed by atoms with E-state index in [1.165, 1.54) is 0 Å². The molecule has 2 N–H and O–H groups in total. The average molecular weight is 439 g/mol. The molecule has 0 aliphatic heterocycles. The molecule has 2 amide bonds. The molecule has 0 atom stereocenters. The first kappa shape index (κ1) is 24.6. The number of hydrogen-bond acceptors (Lipinski definition) is 6. The maximum Gasteiger partial charge on any atom is 0.240 e. The number of rotatable bonds is 13. The van der Waals surface area contributed by atoms with Crippen LogP contribution in [0.4, 0.5) is 0 Å². The van der Waals surface area contributed by atoms with Crippen LogP contribution in [0.15, 0.2) is 58.7 Å². The fourth-order valence-electron chi connectivity index (χ4n) is 2.67. The van der Waals surface area contributed by atoms with Crippen LogP contribution < -0.4 is 20.3 Å². The molecule has 0 aliphatic carbocycles. The summed E-state index contributed by atoms with van der Waals surface area (Å²) < 4.78 is 10.7. The lowest BCUT2D eigenvalue weighted by Crippen LogP contribution is -2.19. The van der Waals surface area contributed by atoms with Gasteiger partial charge < -0.3 is 9.47 Å². The summed E-state index contributed by atoms with van der Waals surface area (Å²) in [6.07, 6.45) is 4.90. The molecule has 2 aromatic carbocycles. The van der Waals surface area contributed by atoms with Gasteiger partial charge in [0.1, 0.15) is 11.5 Å². The number of carbonyl (C=O) groups is 2. The molecule has 0 bridgehead atoms. The van der Waals surface area contributed by atoms with E-state index in [1.807, 2.05) is 62.4 Å². The van der Waals surface area contributed by atoms with Crippen LogP contribution in [0.3, 0.4) is 0 Å². The van der Waals surface area contributed by atoms with Crippen molar-refractivity contribution >= 4 is 24.2 Å². The minimum Gasteiger partial charge on any atom is -0.494 e. The highest BCUT2D eigenvalue weighted by molar-refractivity contribution is 5.83. The van der Waals surface area contributed by atoms with Crippen molar-refractivity contribution in [2.75, 3.05) is 13.2 Å². The van der Waals surface area contributed by atoms with Gasteiger partial charge in [-0.2, -0.15) is 10.2 Å². The van der Waals surface area contributed by atoms with E-state index in [4.69, 9.17) is 9.47 Å². The molecule has 0 unspecified atom stereocenters. The first-order chi connectivity index (χ1) is 15.6. The highest BCUT2D eigenvalue weighted by Gasteiger charge is 2.03. The monoisotopic (exact) mass is 438 g/mol. The molecule has 170 valence electrons. The predicted octanol–water partition coefficient (Wildman–Crippen LogP) is 3.64. The Hall–Kier alpha value is -3.68. The van der Waals surface area contributed by atoms with Crippen LogP contribution in [0.2, 0.25) is 0 Å². The van der Waals surface area contributed by atoms with Crippen molar-refractivity contribution in [1.82, 2.24) is 10.9 Å². The predicted molar refractivity (Wildman–Crippen MR) is 125 cm³/mol. The topological polar surface area (TPSA) is 101 Å². The highest BCUT2D eigenvalue weighted by atomic mass is 16.5. The van der Waals surface area contributed by atoms with Gasteiger partial charge in [-0.25, -0.2) is 10.9 Å². The average Bonchev–Trinajstić information content (AvgIpc) is 2.79. The van der Waals surface area contributed by atoms with Crippen LogP contribution in [-0.4, -0.2) is 37.5 Å².